The minimum atomic E-state index is -4.58. The standard InChI is InChI=1S/C15H11BrF2N2O2S/c16-11-1-6-14-10(7-11)8-19-9-20(14)12-2-4-13(5-3-12)23(21,22)15(17)18/h1-8,15H,9H2. The van der Waals surface area contributed by atoms with E-state index in [0.29, 0.717) is 12.4 Å². The third-order valence-electron chi connectivity index (χ3n) is 3.45. The average molecular weight is 401 g/mol. The number of fused-ring (bicyclic) bond motifs is 1. The van der Waals surface area contributed by atoms with Gasteiger partial charge in [-0.2, -0.15) is 8.78 Å². The van der Waals surface area contributed by atoms with Crippen LogP contribution in [0, 0.1) is 0 Å². The van der Waals surface area contributed by atoms with Crippen molar-refractivity contribution < 1.29 is 17.2 Å². The number of benzene rings is 2. The second-order valence-electron chi connectivity index (χ2n) is 4.88. The summed E-state index contributed by atoms with van der Waals surface area (Å²) < 4.78 is 49.0. The molecule has 0 N–H and O–H groups in total. The maximum atomic E-state index is 12.6. The highest BCUT2D eigenvalue weighted by atomic mass is 79.9. The van der Waals surface area contributed by atoms with Gasteiger partial charge in [0.25, 0.3) is 0 Å². The van der Waals surface area contributed by atoms with Crippen molar-refractivity contribution >= 4 is 43.4 Å². The van der Waals surface area contributed by atoms with Crippen LogP contribution in [0.5, 0.6) is 0 Å². The predicted octanol–water partition coefficient (Wildman–Crippen LogP) is 3.97. The number of nitrogens with zero attached hydrogens (tertiary/aromatic N) is 2. The summed E-state index contributed by atoms with van der Waals surface area (Å²) in [5, 5.41) is 0. The van der Waals surface area contributed by atoms with E-state index in [9.17, 15) is 17.2 Å². The number of hydrogen-bond acceptors (Lipinski definition) is 4. The van der Waals surface area contributed by atoms with Crippen LogP contribution in [0.15, 0.2) is 56.8 Å². The molecule has 1 heterocycles. The quantitative estimate of drug-likeness (QED) is 0.782. The van der Waals surface area contributed by atoms with Gasteiger partial charge in [0.1, 0.15) is 6.67 Å². The minimum absolute atomic E-state index is 0.371. The summed E-state index contributed by atoms with van der Waals surface area (Å²) in [4.78, 5) is 5.74. The molecule has 0 spiro atoms. The topological polar surface area (TPSA) is 49.7 Å². The fourth-order valence-electron chi connectivity index (χ4n) is 2.31. The highest BCUT2D eigenvalue weighted by Crippen LogP contribution is 2.32. The first-order valence-electron chi connectivity index (χ1n) is 6.58. The van der Waals surface area contributed by atoms with Gasteiger partial charge in [-0.3, -0.25) is 4.99 Å². The fourth-order valence-corrected chi connectivity index (χ4v) is 3.41. The summed E-state index contributed by atoms with van der Waals surface area (Å²) in [6, 6.07) is 11.1. The van der Waals surface area contributed by atoms with Crippen LogP contribution in [0.2, 0.25) is 0 Å². The molecule has 120 valence electrons. The Morgan fingerprint density at radius 3 is 2.48 bits per heavy atom. The lowest BCUT2D eigenvalue weighted by Gasteiger charge is -2.27. The van der Waals surface area contributed by atoms with E-state index in [1.807, 2.05) is 23.1 Å². The third kappa shape index (κ3) is 3.00. The number of rotatable bonds is 3. The van der Waals surface area contributed by atoms with Crippen LogP contribution in [0.1, 0.15) is 5.56 Å². The molecule has 4 nitrogen and oxygen atoms in total. The van der Waals surface area contributed by atoms with Crippen LogP contribution in [0.4, 0.5) is 20.2 Å². The molecule has 8 heteroatoms. The van der Waals surface area contributed by atoms with Gasteiger partial charge in [-0.25, -0.2) is 8.42 Å². The van der Waals surface area contributed by atoms with Gasteiger partial charge < -0.3 is 4.90 Å². The molecular formula is C15H11BrF2N2O2S. The number of halogens is 3. The Balaban J connectivity index is 1.97. The number of anilines is 2. The first-order valence-corrected chi connectivity index (χ1v) is 8.92. The average Bonchev–Trinajstić information content (AvgIpc) is 2.54. The number of sulfone groups is 1. The summed E-state index contributed by atoms with van der Waals surface area (Å²) in [6.45, 7) is 0.371. The van der Waals surface area contributed by atoms with E-state index in [-0.39, 0.29) is 0 Å². The maximum absolute atomic E-state index is 12.6. The first kappa shape index (κ1) is 16.1. The van der Waals surface area contributed by atoms with E-state index in [0.717, 1.165) is 15.7 Å². The Hall–Kier alpha value is -1.80. The molecule has 0 aromatic heterocycles. The van der Waals surface area contributed by atoms with E-state index < -0.39 is 20.5 Å². The van der Waals surface area contributed by atoms with Crippen LogP contribution in [0.3, 0.4) is 0 Å². The fraction of sp³-hybridized carbons (Fsp3) is 0.133. The van der Waals surface area contributed by atoms with Crippen molar-refractivity contribution in [3.8, 4) is 0 Å². The Bertz CT molecular complexity index is 868. The van der Waals surface area contributed by atoms with Gasteiger partial charge in [-0.05, 0) is 42.5 Å². The summed E-state index contributed by atoms with van der Waals surface area (Å²) in [5.41, 5.74) is 2.50. The molecule has 0 amide bonds. The predicted molar refractivity (Wildman–Crippen MR) is 88.4 cm³/mol. The Morgan fingerprint density at radius 1 is 1.13 bits per heavy atom. The summed E-state index contributed by atoms with van der Waals surface area (Å²) in [5.74, 6) is -3.42. The molecule has 2 aromatic carbocycles. The molecule has 1 aliphatic rings. The van der Waals surface area contributed by atoms with Gasteiger partial charge in [0, 0.05) is 21.9 Å². The third-order valence-corrected chi connectivity index (χ3v) is 5.34. The second-order valence-corrected chi connectivity index (χ2v) is 7.72. The molecule has 0 radical (unpaired) electrons. The van der Waals surface area contributed by atoms with E-state index >= 15 is 0 Å². The van der Waals surface area contributed by atoms with Crippen LogP contribution in [0.25, 0.3) is 0 Å². The second kappa shape index (κ2) is 6.01. The molecule has 0 bridgehead atoms. The van der Waals surface area contributed by atoms with Crippen LogP contribution in [-0.2, 0) is 9.84 Å². The zero-order chi connectivity index (χ0) is 16.6. The Kier molecular flexibility index (Phi) is 4.20. The van der Waals surface area contributed by atoms with E-state index in [4.69, 9.17) is 0 Å². The molecule has 0 aliphatic carbocycles. The minimum Gasteiger partial charge on any atom is -0.321 e. The maximum Gasteiger partial charge on any atom is 0.341 e. The molecule has 1 aliphatic heterocycles. The highest BCUT2D eigenvalue weighted by Gasteiger charge is 2.26. The van der Waals surface area contributed by atoms with Crippen molar-refractivity contribution in [1.82, 2.24) is 0 Å². The number of hydrogen-bond donors (Lipinski definition) is 0. The van der Waals surface area contributed by atoms with Gasteiger partial charge in [-0.1, -0.05) is 15.9 Å². The normalized spacial score (nSPS) is 14.2. The van der Waals surface area contributed by atoms with Crippen molar-refractivity contribution in [3.63, 3.8) is 0 Å². The van der Waals surface area contributed by atoms with E-state index in [2.05, 4.69) is 20.9 Å². The number of alkyl halides is 2. The SMILES string of the molecule is O=S(=O)(c1ccc(N2CN=Cc3cc(Br)ccc32)cc1)C(F)F. The van der Waals surface area contributed by atoms with Crippen molar-refractivity contribution in [3.05, 3.63) is 52.5 Å². The lowest BCUT2D eigenvalue weighted by molar-refractivity contribution is 0.234. The van der Waals surface area contributed by atoms with Crippen molar-refractivity contribution in [2.45, 2.75) is 10.7 Å². The van der Waals surface area contributed by atoms with Gasteiger partial charge in [-0.15, -0.1) is 0 Å². The first-order chi connectivity index (χ1) is 10.9. The summed E-state index contributed by atoms with van der Waals surface area (Å²) >= 11 is 3.39. The van der Waals surface area contributed by atoms with Gasteiger partial charge >= 0.3 is 5.76 Å². The molecule has 23 heavy (non-hydrogen) atoms. The molecule has 0 saturated heterocycles. The lowest BCUT2D eigenvalue weighted by Crippen LogP contribution is -2.22. The Morgan fingerprint density at radius 2 is 1.83 bits per heavy atom. The zero-order valence-electron chi connectivity index (χ0n) is 11.7. The van der Waals surface area contributed by atoms with Crippen molar-refractivity contribution in [2.75, 3.05) is 11.6 Å². The summed E-state index contributed by atoms with van der Waals surface area (Å²) in [7, 11) is -4.58. The van der Waals surface area contributed by atoms with E-state index in [1.54, 1.807) is 6.21 Å². The highest BCUT2D eigenvalue weighted by molar-refractivity contribution is 9.10. The van der Waals surface area contributed by atoms with Crippen molar-refractivity contribution in [1.29, 1.82) is 0 Å². The number of aliphatic imine (C=N–C) groups is 1. The summed E-state index contributed by atoms with van der Waals surface area (Å²) in [6.07, 6.45) is 1.76. The molecule has 0 saturated carbocycles. The zero-order valence-corrected chi connectivity index (χ0v) is 14.1. The largest absolute Gasteiger partial charge is 0.341 e. The van der Waals surface area contributed by atoms with Crippen molar-refractivity contribution in [2.24, 2.45) is 4.99 Å². The molecular weight excluding hydrogens is 390 g/mol. The monoisotopic (exact) mass is 400 g/mol. The molecule has 0 unspecified atom stereocenters. The Labute approximate surface area is 140 Å². The molecule has 0 fully saturated rings. The van der Waals surface area contributed by atoms with Crippen LogP contribution < -0.4 is 4.90 Å². The van der Waals surface area contributed by atoms with Gasteiger partial charge in [0.15, 0.2) is 0 Å². The van der Waals surface area contributed by atoms with Crippen LogP contribution >= 0.6 is 15.9 Å². The lowest BCUT2D eigenvalue weighted by atomic mass is 10.1. The van der Waals surface area contributed by atoms with E-state index in [1.165, 1.54) is 24.3 Å². The molecule has 0 atom stereocenters. The van der Waals surface area contributed by atoms with Crippen LogP contribution in [-0.4, -0.2) is 27.1 Å². The smallest absolute Gasteiger partial charge is 0.321 e. The molecule has 2 aromatic rings. The van der Waals surface area contributed by atoms with Gasteiger partial charge in [0.2, 0.25) is 9.84 Å². The van der Waals surface area contributed by atoms with Gasteiger partial charge in [0.05, 0.1) is 10.6 Å². The molecule has 3 rings (SSSR count).